The lowest BCUT2D eigenvalue weighted by Gasteiger charge is -1.99. The zero-order valence-corrected chi connectivity index (χ0v) is 5.18. The normalized spacial score (nSPS) is 9.00. The van der Waals surface area contributed by atoms with Gasteiger partial charge in [-0.25, -0.2) is 0 Å². The van der Waals surface area contributed by atoms with E-state index in [0.29, 0.717) is 0 Å². The first-order valence-corrected chi connectivity index (χ1v) is 2.46. The molecule has 9 heavy (non-hydrogen) atoms. The maximum absolute atomic E-state index is 9.85. The van der Waals surface area contributed by atoms with Gasteiger partial charge >= 0.3 is 0 Å². The Labute approximate surface area is 56.4 Å². The molecule has 0 amide bonds. The molecule has 4 nitrogen and oxygen atoms in total. The number of hydrogen-bond donors (Lipinski definition) is 0. The summed E-state index contributed by atoms with van der Waals surface area (Å²) in [6.07, 6.45) is 0. The highest BCUT2D eigenvalue weighted by molar-refractivity contribution is 6.63. The minimum Gasteiger partial charge on any atom is -0.548 e. The van der Waals surface area contributed by atoms with Crippen LogP contribution in [0.1, 0.15) is 0 Å². The Kier molecular flexibility index (Phi) is 4.00. The van der Waals surface area contributed by atoms with E-state index in [4.69, 9.17) is 11.6 Å². The quantitative estimate of drug-likeness (QED) is 0.460. The molecule has 0 aliphatic heterocycles. The zero-order valence-electron chi connectivity index (χ0n) is 4.43. The number of carboxylic acid groups (broad SMARTS) is 1. The van der Waals surface area contributed by atoms with Gasteiger partial charge in [-0.1, -0.05) is 0 Å². The fourth-order valence-corrected chi connectivity index (χ4v) is 0.292. The summed E-state index contributed by atoms with van der Waals surface area (Å²) >= 11 is 4.78. The van der Waals surface area contributed by atoms with Gasteiger partial charge in [0.05, 0.1) is 12.6 Å². The van der Waals surface area contributed by atoms with E-state index in [1.54, 1.807) is 0 Å². The third-order valence-corrected chi connectivity index (χ3v) is 0.545. The standard InChI is InChI=1S/C4H5ClO4/c5-3(6)1-9-2-4(7)8/h1-2H2,(H,7,8)/p-1. The van der Waals surface area contributed by atoms with Gasteiger partial charge in [-0.15, -0.1) is 0 Å². The van der Waals surface area contributed by atoms with Crippen LogP contribution in [0.5, 0.6) is 0 Å². The van der Waals surface area contributed by atoms with Gasteiger partial charge in [0.15, 0.2) is 0 Å². The van der Waals surface area contributed by atoms with E-state index < -0.39 is 24.4 Å². The number of hydrogen-bond acceptors (Lipinski definition) is 4. The van der Waals surface area contributed by atoms with Gasteiger partial charge in [0.25, 0.3) is 0 Å². The van der Waals surface area contributed by atoms with Crippen LogP contribution >= 0.6 is 11.6 Å². The lowest BCUT2D eigenvalue weighted by atomic mass is 10.7. The van der Waals surface area contributed by atoms with E-state index in [2.05, 4.69) is 4.74 Å². The molecule has 5 heteroatoms. The Morgan fingerprint density at radius 3 is 2.33 bits per heavy atom. The van der Waals surface area contributed by atoms with Crippen molar-refractivity contribution >= 4 is 22.8 Å². The summed E-state index contributed by atoms with van der Waals surface area (Å²) in [6, 6.07) is 0. The van der Waals surface area contributed by atoms with Crippen LogP contribution in [-0.2, 0) is 14.3 Å². The van der Waals surface area contributed by atoms with Crippen molar-refractivity contribution in [3.8, 4) is 0 Å². The van der Waals surface area contributed by atoms with Crippen molar-refractivity contribution in [1.82, 2.24) is 0 Å². The Hall–Kier alpha value is -0.610. The van der Waals surface area contributed by atoms with E-state index in [9.17, 15) is 14.7 Å². The van der Waals surface area contributed by atoms with Crippen molar-refractivity contribution in [2.45, 2.75) is 0 Å². The number of halogens is 1. The first-order valence-electron chi connectivity index (χ1n) is 2.09. The van der Waals surface area contributed by atoms with E-state index in [1.807, 2.05) is 0 Å². The Bertz CT molecular complexity index is 108. The van der Waals surface area contributed by atoms with Crippen molar-refractivity contribution in [2.75, 3.05) is 13.2 Å². The monoisotopic (exact) mass is 151 g/mol. The van der Waals surface area contributed by atoms with Gasteiger partial charge in [-0.3, -0.25) is 4.79 Å². The molecule has 0 spiro atoms. The van der Waals surface area contributed by atoms with Crippen LogP contribution in [0, 0.1) is 0 Å². The highest BCUT2D eigenvalue weighted by Crippen LogP contribution is 1.80. The summed E-state index contributed by atoms with van der Waals surface area (Å²) in [5.41, 5.74) is 0. The summed E-state index contributed by atoms with van der Waals surface area (Å²) < 4.78 is 4.21. The van der Waals surface area contributed by atoms with Crippen LogP contribution in [0.25, 0.3) is 0 Å². The van der Waals surface area contributed by atoms with Crippen LogP contribution in [0.15, 0.2) is 0 Å². The average Bonchev–Trinajstić information content (AvgIpc) is 1.63. The molecule has 0 unspecified atom stereocenters. The third-order valence-electron chi connectivity index (χ3n) is 0.435. The molecular weight excluding hydrogens is 147 g/mol. The van der Waals surface area contributed by atoms with Gasteiger partial charge in [-0.2, -0.15) is 0 Å². The van der Waals surface area contributed by atoms with Crippen LogP contribution in [0.4, 0.5) is 0 Å². The van der Waals surface area contributed by atoms with E-state index >= 15 is 0 Å². The second-order valence-corrected chi connectivity index (χ2v) is 1.64. The summed E-state index contributed by atoms with van der Waals surface area (Å²) in [6.45, 7) is -0.992. The number of aliphatic carboxylic acids is 1. The van der Waals surface area contributed by atoms with Crippen molar-refractivity contribution in [1.29, 1.82) is 0 Å². The van der Waals surface area contributed by atoms with E-state index in [-0.39, 0.29) is 0 Å². The summed E-state index contributed by atoms with van der Waals surface area (Å²) in [4.78, 5) is 19.4. The molecule has 0 aliphatic carbocycles. The Balaban J connectivity index is 3.10. The maximum Gasteiger partial charge on any atom is 0.247 e. The van der Waals surface area contributed by atoms with Crippen LogP contribution in [0.3, 0.4) is 0 Å². The lowest BCUT2D eigenvalue weighted by Crippen LogP contribution is -2.28. The Morgan fingerprint density at radius 1 is 1.44 bits per heavy atom. The molecule has 0 rings (SSSR count). The van der Waals surface area contributed by atoms with E-state index in [1.165, 1.54) is 0 Å². The first kappa shape index (κ1) is 8.39. The summed E-state index contributed by atoms with van der Waals surface area (Å²) in [5.74, 6) is -1.37. The fraction of sp³-hybridized carbons (Fsp3) is 0.500. The van der Waals surface area contributed by atoms with Crippen LogP contribution in [0.2, 0.25) is 0 Å². The molecule has 0 aromatic carbocycles. The highest BCUT2D eigenvalue weighted by Gasteiger charge is 1.93. The number of ether oxygens (including phenoxy) is 1. The average molecular weight is 152 g/mol. The fourth-order valence-electron chi connectivity index (χ4n) is 0.215. The lowest BCUT2D eigenvalue weighted by molar-refractivity contribution is -0.309. The van der Waals surface area contributed by atoms with Crippen molar-refractivity contribution < 1.29 is 19.4 Å². The largest absolute Gasteiger partial charge is 0.548 e. The van der Waals surface area contributed by atoms with Crippen LogP contribution in [-0.4, -0.2) is 24.4 Å². The van der Waals surface area contributed by atoms with Crippen molar-refractivity contribution in [3.05, 3.63) is 0 Å². The molecule has 0 atom stereocenters. The molecule has 0 radical (unpaired) electrons. The minimum absolute atomic E-state index is 0.393. The number of carbonyl (C=O) groups excluding carboxylic acids is 2. The molecule has 52 valence electrons. The molecule has 0 saturated heterocycles. The molecule has 0 fully saturated rings. The molecular formula is C4H4ClO4-. The number of carbonyl (C=O) groups is 2. The first-order chi connectivity index (χ1) is 4.13. The molecule has 0 saturated carbocycles. The van der Waals surface area contributed by atoms with Crippen LogP contribution < -0.4 is 5.11 Å². The minimum atomic E-state index is -1.37. The molecule has 0 aromatic heterocycles. The maximum atomic E-state index is 9.85. The molecule has 0 N–H and O–H groups in total. The second kappa shape index (κ2) is 4.29. The molecule has 0 bridgehead atoms. The third kappa shape index (κ3) is 7.39. The SMILES string of the molecule is O=C([O-])COCC(=O)Cl. The van der Waals surface area contributed by atoms with Crippen molar-refractivity contribution in [3.63, 3.8) is 0 Å². The number of rotatable bonds is 4. The topological polar surface area (TPSA) is 66.4 Å². The van der Waals surface area contributed by atoms with Crippen molar-refractivity contribution in [2.24, 2.45) is 0 Å². The predicted octanol–water partition coefficient (Wildman–Crippen LogP) is -1.48. The molecule has 0 aliphatic rings. The van der Waals surface area contributed by atoms with Gasteiger partial charge in [0.1, 0.15) is 6.61 Å². The van der Waals surface area contributed by atoms with Gasteiger partial charge < -0.3 is 14.6 Å². The second-order valence-electron chi connectivity index (χ2n) is 1.22. The zero-order chi connectivity index (χ0) is 7.28. The van der Waals surface area contributed by atoms with Gasteiger partial charge in [-0.05, 0) is 11.6 Å². The smallest absolute Gasteiger partial charge is 0.247 e. The van der Waals surface area contributed by atoms with Gasteiger partial charge in [0, 0.05) is 0 Å². The number of carboxylic acids is 1. The Morgan fingerprint density at radius 2 is 2.00 bits per heavy atom. The van der Waals surface area contributed by atoms with Gasteiger partial charge in [0.2, 0.25) is 5.24 Å². The predicted molar refractivity (Wildman–Crippen MR) is 26.7 cm³/mol. The molecule has 0 heterocycles. The highest BCUT2D eigenvalue weighted by atomic mass is 35.5. The van der Waals surface area contributed by atoms with E-state index in [0.717, 1.165) is 0 Å². The molecule has 0 aromatic rings. The summed E-state index contributed by atoms with van der Waals surface area (Å²) in [5, 5.41) is 8.86. The summed E-state index contributed by atoms with van der Waals surface area (Å²) in [7, 11) is 0.